The molecule has 0 spiro atoms. The van der Waals surface area contributed by atoms with Gasteiger partial charge in [-0.1, -0.05) is 19.1 Å². The molecule has 2 nitrogen and oxygen atoms in total. The van der Waals surface area contributed by atoms with E-state index in [2.05, 4.69) is 31.3 Å². The highest BCUT2D eigenvalue weighted by Gasteiger charge is 2.02. The van der Waals surface area contributed by atoms with Crippen molar-refractivity contribution in [2.75, 3.05) is 13.2 Å². The molecule has 1 unspecified atom stereocenters. The lowest BCUT2D eigenvalue weighted by atomic mass is 10.1. The van der Waals surface area contributed by atoms with Gasteiger partial charge in [-0.2, -0.15) is 0 Å². The van der Waals surface area contributed by atoms with E-state index in [1.165, 1.54) is 12.0 Å². The molecule has 2 heteroatoms. The smallest absolute Gasteiger partial charge is 0.119 e. The maximum Gasteiger partial charge on any atom is 0.119 e. The fourth-order valence-electron chi connectivity index (χ4n) is 1.70. The minimum Gasteiger partial charge on any atom is -0.494 e. The van der Waals surface area contributed by atoms with Gasteiger partial charge in [0.25, 0.3) is 0 Å². The molecular weight excluding hydrogens is 198 g/mol. The molecule has 0 radical (unpaired) electrons. The van der Waals surface area contributed by atoms with Crippen molar-refractivity contribution in [3.05, 3.63) is 29.8 Å². The van der Waals surface area contributed by atoms with Gasteiger partial charge in [0.1, 0.15) is 5.75 Å². The lowest BCUT2D eigenvalue weighted by Gasteiger charge is -2.13. The lowest BCUT2D eigenvalue weighted by molar-refractivity contribution is 0.340. The first-order chi connectivity index (χ1) is 7.76. The molecule has 90 valence electrons. The van der Waals surface area contributed by atoms with Crippen molar-refractivity contribution in [1.29, 1.82) is 0 Å². The quantitative estimate of drug-likeness (QED) is 0.764. The molecule has 0 saturated carbocycles. The van der Waals surface area contributed by atoms with E-state index < -0.39 is 0 Å². The molecule has 1 aromatic rings. The first-order valence-corrected chi connectivity index (χ1v) is 6.21. The Bertz CT molecular complexity index is 281. The van der Waals surface area contributed by atoms with Gasteiger partial charge in [0, 0.05) is 6.04 Å². The van der Waals surface area contributed by atoms with E-state index in [1.807, 2.05) is 19.1 Å². The number of rotatable bonds is 7. The van der Waals surface area contributed by atoms with E-state index >= 15 is 0 Å². The van der Waals surface area contributed by atoms with Crippen LogP contribution in [0.5, 0.6) is 5.75 Å². The van der Waals surface area contributed by atoms with Crippen LogP contribution in [0.4, 0.5) is 0 Å². The predicted molar refractivity (Wildman–Crippen MR) is 69.1 cm³/mol. The summed E-state index contributed by atoms with van der Waals surface area (Å²) in [6, 6.07) is 8.93. The summed E-state index contributed by atoms with van der Waals surface area (Å²) in [6.45, 7) is 8.25. The van der Waals surface area contributed by atoms with Crippen LogP contribution in [-0.4, -0.2) is 19.2 Å². The summed E-state index contributed by atoms with van der Waals surface area (Å²) >= 11 is 0. The van der Waals surface area contributed by atoms with Gasteiger partial charge in [-0.15, -0.1) is 0 Å². The summed E-state index contributed by atoms with van der Waals surface area (Å²) in [5.41, 5.74) is 1.36. The Morgan fingerprint density at radius 1 is 1.19 bits per heavy atom. The molecule has 16 heavy (non-hydrogen) atoms. The second-order valence-electron chi connectivity index (χ2n) is 4.14. The Morgan fingerprint density at radius 2 is 1.88 bits per heavy atom. The number of ether oxygens (including phenoxy) is 1. The zero-order valence-corrected chi connectivity index (χ0v) is 10.6. The van der Waals surface area contributed by atoms with Crippen LogP contribution in [0.2, 0.25) is 0 Å². The van der Waals surface area contributed by atoms with Gasteiger partial charge in [0.15, 0.2) is 0 Å². The molecule has 0 heterocycles. The largest absolute Gasteiger partial charge is 0.494 e. The summed E-state index contributed by atoms with van der Waals surface area (Å²) in [5.74, 6) is 0.959. The van der Waals surface area contributed by atoms with Crippen molar-refractivity contribution in [2.45, 2.75) is 39.7 Å². The second-order valence-corrected chi connectivity index (χ2v) is 4.14. The number of benzene rings is 1. The molecule has 0 fully saturated rings. The summed E-state index contributed by atoms with van der Waals surface area (Å²) in [7, 11) is 0. The number of hydrogen-bond acceptors (Lipinski definition) is 2. The highest BCUT2D eigenvalue weighted by atomic mass is 16.5. The van der Waals surface area contributed by atoms with E-state index in [0.29, 0.717) is 6.04 Å². The first kappa shape index (κ1) is 13.0. The van der Waals surface area contributed by atoms with E-state index in [4.69, 9.17) is 4.74 Å². The third kappa shape index (κ3) is 4.67. The van der Waals surface area contributed by atoms with Gasteiger partial charge in [0.05, 0.1) is 6.61 Å². The Hall–Kier alpha value is -1.02. The highest BCUT2D eigenvalue weighted by Crippen LogP contribution is 2.13. The molecule has 1 rings (SSSR count). The maximum atomic E-state index is 5.42. The van der Waals surface area contributed by atoms with Crippen molar-refractivity contribution >= 4 is 0 Å². The summed E-state index contributed by atoms with van der Waals surface area (Å²) in [6.07, 6.45) is 2.26. The molecule has 0 bridgehead atoms. The summed E-state index contributed by atoms with van der Waals surface area (Å²) in [5, 5.41) is 3.49. The molecule has 1 atom stereocenters. The fraction of sp³-hybridized carbons (Fsp3) is 0.571. The van der Waals surface area contributed by atoms with Crippen LogP contribution in [0.1, 0.15) is 32.8 Å². The van der Waals surface area contributed by atoms with E-state index in [-0.39, 0.29) is 0 Å². The van der Waals surface area contributed by atoms with Crippen molar-refractivity contribution < 1.29 is 4.74 Å². The molecule has 1 aromatic carbocycles. The van der Waals surface area contributed by atoms with Crippen LogP contribution < -0.4 is 10.1 Å². The van der Waals surface area contributed by atoms with Crippen LogP contribution in [0.3, 0.4) is 0 Å². The van der Waals surface area contributed by atoms with Crippen molar-refractivity contribution in [3.8, 4) is 5.75 Å². The average Bonchev–Trinajstić information content (AvgIpc) is 2.29. The van der Waals surface area contributed by atoms with Crippen molar-refractivity contribution in [3.63, 3.8) is 0 Å². The third-order valence-corrected chi connectivity index (χ3v) is 2.52. The molecule has 0 aliphatic heterocycles. The van der Waals surface area contributed by atoms with Gasteiger partial charge < -0.3 is 10.1 Å². The highest BCUT2D eigenvalue weighted by molar-refractivity contribution is 5.27. The van der Waals surface area contributed by atoms with Crippen LogP contribution in [0.25, 0.3) is 0 Å². The zero-order chi connectivity index (χ0) is 11.8. The SMILES string of the molecule is CCCNC(C)Cc1ccc(OCC)cc1. The average molecular weight is 221 g/mol. The van der Waals surface area contributed by atoms with E-state index in [0.717, 1.165) is 25.3 Å². The van der Waals surface area contributed by atoms with Gasteiger partial charge in [-0.25, -0.2) is 0 Å². The van der Waals surface area contributed by atoms with Gasteiger partial charge >= 0.3 is 0 Å². The van der Waals surface area contributed by atoms with Crippen LogP contribution >= 0.6 is 0 Å². The standard InChI is InChI=1S/C14H23NO/c1-4-10-15-12(3)11-13-6-8-14(9-7-13)16-5-2/h6-9,12,15H,4-5,10-11H2,1-3H3. The molecule has 0 aliphatic rings. The second kappa shape index (κ2) is 7.29. The Kier molecular flexibility index (Phi) is 5.94. The Morgan fingerprint density at radius 3 is 2.44 bits per heavy atom. The summed E-state index contributed by atoms with van der Waals surface area (Å²) in [4.78, 5) is 0. The third-order valence-electron chi connectivity index (χ3n) is 2.52. The molecule has 0 aliphatic carbocycles. The monoisotopic (exact) mass is 221 g/mol. The zero-order valence-electron chi connectivity index (χ0n) is 10.6. The molecule has 0 aromatic heterocycles. The topological polar surface area (TPSA) is 21.3 Å². The Balaban J connectivity index is 2.41. The predicted octanol–water partition coefficient (Wildman–Crippen LogP) is 3.02. The van der Waals surface area contributed by atoms with Gasteiger partial charge in [-0.3, -0.25) is 0 Å². The minimum atomic E-state index is 0.540. The number of nitrogens with one attached hydrogen (secondary N) is 1. The first-order valence-electron chi connectivity index (χ1n) is 6.21. The molecule has 0 amide bonds. The van der Waals surface area contributed by atoms with E-state index in [9.17, 15) is 0 Å². The normalized spacial score (nSPS) is 12.4. The molecule has 0 saturated heterocycles. The van der Waals surface area contributed by atoms with Crippen LogP contribution in [0, 0.1) is 0 Å². The summed E-state index contributed by atoms with van der Waals surface area (Å²) < 4.78 is 5.42. The van der Waals surface area contributed by atoms with Crippen molar-refractivity contribution in [1.82, 2.24) is 5.32 Å². The Labute approximate surface area is 99.0 Å². The van der Waals surface area contributed by atoms with Gasteiger partial charge in [0.2, 0.25) is 0 Å². The fourth-order valence-corrected chi connectivity index (χ4v) is 1.70. The van der Waals surface area contributed by atoms with E-state index in [1.54, 1.807) is 0 Å². The van der Waals surface area contributed by atoms with Crippen LogP contribution in [-0.2, 0) is 6.42 Å². The van der Waals surface area contributed by atoms with Crippen molar-refractivity contribution in [2.24, 2.45) is 0 Å². The molecule has 1 N–H and O–H groups in total. The van der Waals surface area contributed by atoms with Gasteiger partial charge in [-0.05, 0) is 50.9 Å². The van der Waals surface area contributed by atoms with Crippen LogP contribution in [0.15, 0.2) is 24.3 Å². The maximum absolute atomic E-state index is 5.42. The number of hydrogen-bond donors (Lipinski definition) is 1. The minimum absolute atomic E-state index is 0.540. The lowest BCUT2D eigenvalue weighted by Crippen LogP contribution is -2.28. The molecular formula is C14H23NO.